The molecule has 0 N–H and O–H groups in total. The van der Waals surface area contributed by atoms with Gasteiger partial charge in [-0.1, -0.05) is 56.9 Å². The first-order chi connectivity index (χ1) is 12.8. The van der Waals surface area contributed by atoms with Gasteiger partial charge >= 0.3 is 6.29 Å². The summed E-state index contributed by atoms with van der Waals surface area (Å²) in [6.45, 7) is 2.35. The number of benzene rings is 2. The van der Waals surface area contributed by atoms with E-state index in [1.165, 1.54) is 49.8 Å². The first kappa shape index (κ1) is 21.1. The lowest BCUT2D eigenvalue weighted by molar-refractivity contribution is 0.199. The van der Waals surface area contributed by atoms with Gasteiger partial charge in [0.2, 0.25) is 0 Å². The van der Waals surface area contributed by atoms with Crippen molar-refractivity contribution in [3.8, 4) is 11.1 Å². The Balaban J connectivity index is 0.000000596. The van der Waals surface area contributed by atoms with Crippen LogP contribution in [0.2, 0.25) is 0 Å². The first-order valence-corrected chi connectivity index (χ1v) is 9.24. The number of aryl methyl sites for hydroxylation is 1. The van der Waals surface area contributed by atoms with Crippen molar-refractivity contribution in [2.45, 2.75) is 45.4 Å². The van der Waals surface area contributed by atoms with Crippen LogP contribution in [0.3, 0.4) is 0 Å². The highest BCUT2D eigenvalue weighted by Gasteiger charge is 2.17. The van der Waals surface area contributed by atoms with E-state index in [4.69, 9.17) is 4.79 Å². The predicted molar refractivity (Wildman–Crippen MR) is 98.8 cm³/mol. The van der Waals surface area contributed by atoms with E-state index in [-0.39, 0.29) is 0 Å². The fourth-order valence-corrected chi connectivity index (χ4v) is 3.57. The fourth-order valence-electron chi connectivity index (χ4n) is 3.57. The molecule has 1 aliphatic rings. The highest BCUT2D eigenvalue weighted by atomic mass is 19.3. The molecule has 3 rings (SSSR count). The average molecular weight is 380 g/mol. The van der Waals surface area contributed by atoms with Crippen molar-refractivity contribution >= 4 is 6.29 Å². The molecule has 0 unspecified atom stereocenters. The molecule has 1 saturated carbocycles. The van der Waals surface area contributed by atoms with Crippen LogP contribution >= 0.6 is 0 Å². The molecule has 27 heavy (non-hydrogen) atoms. The topological polar surface area (TPSA) is 17.1 Å². The van der Waals surface area contributed by atoms with Crippen LogP contribution in [-0.4, -0.2) is 6.29 Å². The zero-order valence-corrected chi connectivity index (χ0v) is 15.4. The van der Waals surface area contributed by atoms with Gasteiger partial charge in [-0.3, -0.25) is 0 Å². The van der Waals surface area contributed by atoms with Crippen molar-refractivity contribution < 1.29 is 22.4 Å². The van der Waals surface area contributed by atoms with Crippen LogP contribution in [0.4, 0.5) is 22.4 Å². The van der Waals surface area contributed by atoms with E-state index in [1.54, 1.807) is 0 Å². The molecular weight excluding hydrogens is 356 g/mol. The molecule has 146 valence electrons. The normalized spacial score (nSPS) is 19.1. The molecule has 1 nitrogen and oxygen atoms in total. The summed E-state index contributed by atoms with van der Waals surface area (Å²) in [4.78, 5) is 8.11. The van der Waals surface area contributed by atoms with Crippen molar-refractivity contribution in [1.29, 1.82) is 0 Å². The summed E-state index contributed by atoms with van der Waals surface area (Å²) in [6.07, 6.45) is 4.98. The molecule has 0 atom stereocenters. The number of rotatable bonds is 4. The highest BCUT2D eigenvalue weighted by Crippen LogP contribution is 2.31. The second kappa shape index (κ2) is 10.2. The van der Waals surface area contributed by atoms with Crippen LogP contribution in [-0.2, 0) is 6.42 Å². The number of carbonyl (C=O) groups is 1. The molecule has 2 aromatic rings. The van der Waals surface area contributed by atoms with E-state index in [1.807, 2.05) is 12.1 Å². The molecule has 0 saturated heterocycles. The van der Waals surface area contributed by atoms with Gasteiger partial charge < -0.3 is 0 Å². The van der Waals surface area contributed by atoms with Crippen molar-refractivity contribution in [2.75, 3.05) is 0 Å². The van der Waals surface area contributed by atoms with Gasteiger partial charge in [-0.25, -0.2) is 13.6 Å². The lowest BCUT2D eigenvalue weighted by Crippen LogP contribution is -2.12. The van der Waals surface area contributed by atoms with Crippen LogP contribution in [0.5, 0.6) is 0 Å². The van der Waals surface area contributed by atoms with Gasteiger partial charge in [0.05, 0.1) is 0 Å². The van der Waals surface area contributed by atoms with Crippen LogP contribution in [0.1, 0.15) is 44.6 Å². The fraction of sp³-hybridized carbons (Fsp3) is 0.409. The maximum Gasteiger partial charge on any atom is 0.483 e. The van der Waals surface area contributed by atoms with Crippen LogP contribution in [0.15, 0.2) is 42.5 Å². The van der Waals surface area contributed by atoms with Crippen LogP contribution < -0.4 is 0 Å². The van der Waals surface area contributed by atoms with E-state index >= 15 is 0 Å². The zero-order valence-electron chi connectivity index (χ0n) is 15.4. The SMILES string of the molecule is CC1CCC(CCc2ccc(-c3cc(F)cc(F)c3)cc2)CC1.O=C(F)F. The summed E-state index contributed by atoms with van der Waals surface area (Å²) in [5, 5.41) is 0. The van der Waals surface area contributed by atoms with E-state index < -0.39 is 17.9 Å². The number of carbonyl (C=O) groups excluding carboxylic acids is 1. The summed E-state index contributed by atoms with van der Waals surface area (Å²) >= 11 is 0. The van der Waals surface area contributed by atoms with E-state index in [0.29, 0.717) is 5.56 Å². The van der Waals surface area contributed by atoms with Gasteiger partial charge in [-0.2, -0.15) is 0 Å². The molecule has 5 heteroatoms. The Hall–Kier alpha value is -2.17. The minimum atomic E-state index is -2.83. The molecule has 0 aromatic heterocycles. The third-order valence-electron chi connectivity index (χ3n) is 5.13. The Labute approximate surface area is 157 Å². The smallest absolute Gasteiger partial charge is 0.219 e. The van der Waals surface area contributed by atoms with E-state index in [2.05, 4.69) is 19.1 Å². The minimum absolute atomic E-state index is 0.532. The Morgan fingerprint density at radius 1 is 0.889 bits per heavy atom. The lowest BCUT2D eigenvalue weighted by Gasteiger charge is -2.26. The van der Waals surface area contributed by atoms with Crippen molar-refractivity contribution in [2.24, 2.45) is 11.8 Å². The quantitative estimate of drug-likeness (QED) is 0.398. The largest absolute Gasteiger partial charge is 0.483 e. The molecule has 0 bridgehead atoms. The molecule has 1 aliphatic carbocycles. The average Bonchev–Trinajstić information content (AvgIpc) is 2.60. The second-order valence-electron chi connectivity index (χ2n) is 7.25. The summed E-state index contributed by atoms with van der Waals surface area (Å²) < 4.78 is 46.0. The van der Waals surface area contributed by atoms with Gasteiger partial charge in [-0.05, 0) is 53.5 Å². The number of hydrogen-bond acceptors (Lipinski definition) is 1. The molecule has 2 aromatic carbocycles. The van der Waals surface area contributed by atoms with E-state index in [9.17, 15) is 17.6 Å². The molecule has 0 aliphatic heterocycles. The molecule has 0 radical (unpaired) electrons. The third-order valence-corrected chi connectivity index (χ3v) is 5.13. The number of hydrogen-bond donors (Lipinski definition) is 0. The van der Waals surface area contributed by atoms with Crippen molar-refractivity contribution in [3.05, 3.63) is 59.7 Å². The molecule has 1 fully saturated rings. The minimum Gasteiger partial charge on any atom is -0.219 e. The van der Waals surface area contributed by atoms with Crippen molar-refractivity contribution in [1.82, 2.24) is 0 Å². The van der Waals surface area contributed by atoms with E-state index in [0.717, 1.165) is 29.9 Å². The summed E-state index contributed by atoms with van der Waals surface area (Å²) in [7, 11) is 0. The third kappa shape index (κ3) is 7.53. The summed E-state index contributed by atoms with van der Waals surface area (Å²) in [5.74, 6) is 0.701. The van der Waals surface area contributed by atoms with Crippen LogP contribution in [0.25, 0.3) is 11.1 Å². The standard InChI is InChI=1S/C21H24F2.CF2O/c1-15-2-4-16(5-3-15)6-7-17-8-10-18(11-9-17)19-12-20(22)14-21(23)13-19;2-1(3)4/h8-16H,2-7H2,1H3;. The number of halogens is 4. The zero-order chi connectivity index (χ0) is 19.8. The van der Waals surface area contributed by atoms with Crippen molar-refractivity contribution in [3.63, 3.8) is 0 Å². The molecule has 0 amide bonds. The highest BCUT2D eigenvalue weighted by molar-refractivity contribution is 5.63. The Morgan fingerprint density at radius 3 is 1.93 bits per heavy atom. The summed E-state index contributed by atoms with van der Waals surface area (Å²) in [6, 6.07) is 11.8. The second-order valence-corrected chi connectivity index (χ2v) is 7.25. The molecule has 0 heterocycles. The lowest BCUT2D eigenvalue weighted by atomic mass is 9.80. The molecule has 0 spiro atoms. The Morgan fingerprint density at radius 2 is 1.41 bits per heavy atom. The van der Waals surface area contributed by atoms with Gasteiger partial charge in [-0.15, -0.1) is 8.78 Å². The monoisotopic (exact) mass is 380 g/mol. The Kier molecular flexibility index (Phi) is 8.01. The Bertz CT molecular complexity index is 710. The van der Waals surface area contributed by atoms with Crippen LogP contribution in [0, 0.1) is 23.5 Å². The maximum absolute atomic E-state index is 13.3. The molecular formula is C22H24F4O. The van der Waals surface area contributed by atoms with Gasteiger partial charge in [0.1, 0.15) is 11.6 Å². The van der Waals surface area contributed by atoms with Gasteiger partial charge in [0.25, 0.3) is 0 Å². The summed E-state index contributed by atoms with van der Waals surface area (Å²) in [5.41, 5.74) is 2.76. The first-order valence-electron chi connectivity index (χ1n) is 9.24. The van der Waals surface area contributed by atoms with Gasteiger partial charge in [0, 0.05) is 6.07 Å². The maximum atomic E-state index is 13.3. The predicted octanol–water partition coefficient (Wildman–Crippen LogP) is 7.44. The van der Waals surface area contributed by atoms with Gasteiger partial charge in [0.15, 0.2) is 0 Å².